The third kappa shape index (κ3) is 39.6. The molecule has 0 aliphatic carbocycles. The van der Waals surface area contributed by atoms with Gasteiger partial charge in [0.2, 0.25) is 0 Å². The SMILES string of the molecule is CCCCCC/C=C/CCCCCCCCOC(C)=O.CCCCCC/C=C\CCCCOC(C)=O. The lowest BCUT2D eigenvalue weighted by molar-refractivity contribution is -0.142. The lowest BCUT2D eigenvalue weighted by Crippen LogP contribution is -1.99. The molecule has 36 heavy (non-hydrogen) atoms. The Labute approximate surface area is 224 Å². The molecule has 0 amide bonds. The van der Waals surface area contributed by atoms with Gasteiger partial charge in [0.05, 0.1) is 13.2 Å². The standard InChI is InChI=1S/C18H34O2.C14H26O2/c1-3-4-5-6-7-8-9-10-11-12-13-14-15-16-17-20-18(2)19;1-3-4-5-6-7-8-9-10-11-12-13-16-14(2)15/h8-9H,3-7,10-17H2,1-2H3;8-9H,3-7,10-13H2,1-2H3/b9-8+;9-8-. The molecule has 0 rings (SSSR count). The van der Waals surface area contributed by atoms with E-state index in [0.29, 0.717) is 13.2 Å². The second kappa shape index (κ2) is 33.4. The van der Waals surface area contributed by atoms with Crippen molar-refractivity contribution in [3.8, 4) is 0 Å². The predicted molar refractivity (Wildman–Crippen MR) is 155 cm³/mol. The van der Waals surface area contributed by atoms with E-state index in [4.69, 9.17) is 9.47 Å². The fourth-order valence-electron chi connectivity index (χ4n) is 3.72. The van der Waals surface area contributed by atoms with Crippen molar-refractivity contribution in [2.45, 2.75) is 156 Å². The van der Waals surface area contributed by atoms with E-state index in [0.717, 1.165) is 25.7 Å². The first-order valence-corrected chi connectivity index (χ1v) is 15.1. The first-order valence-electron chi connectivity index (χ1n) is 15.1. The van der Waals surface area contributed by atoms with Crippen LogP contribution in [0.3, 0.4) is 0 Å². The van der Waals surface area contributed by atoms with Crippen molar-refractivity contribution >= 4 is 11.9 Å². The highest BCUT2D eigenvalue weighted by molar-refractivity contribution is 5.66. The molecule has 212 valence electrons. The second-order valence-electron chi connectivity index (χ2n) is 9.73. The Morgan fingerprint density at radius 1 is 0.444 bits per heavy atom. The van der Waals surface area contributed by atoms with Gasteiger partial charge in [0.15, 0.2) is 0 Å². The minimum atomic E-state index is -0.175. The molecule has 4 heteroatoms. The Morgan fingerprint density at radius 2 is 0.722 bits per heavy atom. The zero-order chi connectivity index (χ0) is 27.0. The van der Waals surface area contributed by atoms with Crippen LogP contribution in [0, 0.1) is 0 Å². The molecule has 0 aliphatic heterocycles. The number of rotatable bonds is 24. The van der Waals surface area contributed by atoms with E-state index in [9.17, 15) is 9.59 Å². The van der Waals surface area contributed by atoms with Crippen molar-refractivity contribution in [2.75, 3.05) is 13.2 Å². The van der Waals surface area contributed by atoms with Gasteiger partial charge in [-0.05, 0) is 64.2 Å². The Morgan fingerprint density at radius 3 is 1.08 bits per heavy atom. The normalized spacial score (nSPS) is 11.0. The molecule has 0 aliphatic rings. The average Bonchev–Trinajstić information content (AvgIpc) is 2.85. The number of esters is 2. The highest BCUT2D eigenvalue weighted by Crippen LogP contribution is 2.09. The van der Waals surface area contributed by atoms with E-state index in [1.165, 1.54) is 117 Å². The van der Waals surface area contributed by atoms with Gasteiger partial charge in [-0.1, -0.05) is 102 Å². The van der Waals surface area contributed by atoms with Crippen LogP contribution < -0.4 is 0 Å². The van der Waals surface area contributed by atoms with E-state index in [1.807, 2.05) is 0 Å². The van der Waals surface area contributed by atoms with Crippen LogP contribution in [0.25, 0.3) is 0 Å². The van der Waals surface area contributed by atoms with Gasteiger partial charge < -0.3 is 9.47 Å². The summed E-state index contributed by atoms with van der Waals surface area (Å²) < 4.78 is 9.75. The van der Waals surface area contributed by atoms with Crippen molar-refractivity contribution in [1.29, 1.82) is 0 Å². The second-order valence-corrected chi connectivity index (χ2v) is 9.73. The molecular formula is C32H60O4. The van der Waals surface area contributed by atoms with Gasteiger partial charge in [-0.25, -0.2) is 0 Å². The molecule has 0 saturated heterocycles. The highest BCUT2D eigenvalue weighted by atomic mass is 16.5. The molecule has 4 nitrogen and oxygen atoms in total. The fraction of sp³-hybridized carbons (Fsp3) is 0.812. The van der Waals surface area contributed by atoms with Crippen LogP contribution in [0.2, 0.25) is 0 Å². The molecule has 0 atom stereocenters. The molecule has 0 bridgehead atoms. The lowest BCUT2D eigenvalue weighted by atomic mass is 10.1. The van der Waals surface area contributed by atoms with Gasteiger partial charge in [0, 0.05) is 13.8 Å². The maximum Gasteiger partial charge on any atom is 0.302 e. The number of unbranched alkanes of at least 4 members (excludes halogenated alkanes) is 16. The molecule has 0 aromatic heterocycles. The van der Waals surface area contributed by atoms with Crippen molar-refractivity contribution in [3.63, 3.8) is 0 Å². The minimum absolute atomic E-state index is 0.161. The van der Waals surface area contributed by atoms with E-state index >= 15 is 0 Å². The van der Waals surface area contributed by atoms with E-state index < -0.39 is 0 Å². The average molecular weight is 509 g/mol. The van der Waals surface area contributed by atoms with Gasteiger partial charge in [0.1, 0.15) is 0 Å². The molecular weight excluding hydrogens is 448 g/mol. The Bertz CT molecular complexity index is 510. The summed E-state index contributed by atoms with van der Waals surface area (Å²) in [6.07, 6.45) is 34.3. The van der Waals surface area contributed by atoms with Crippen molar-refractivity contribution < 1.29 is 19.1 Å². The summed E-state index contributed by atoms with van der Waals surface area (Å²) in [5.74, 6) is -0.335. The largest absolute Gasteiger partial charge is 0.466 e. The summed E-state index contributed by atoms with van der Waals surface area (Å²) >= 11 is 0. The Balaban J connectivity index is 0. The zero-order valence-corrected chi connectivity index (χ0v) is 24.5. The van der Waals surface area contributed by atoms with Crippen LogP contribution in [0.5, 0.6) is 0 Å². The smallest absolute Gasteiger partial charge is 0.302 e. The van der Waals surface area contributed by atoms with Crippen LogP contribution in [0.15, 0.2) is 24.3 Å². The molecule has 0 aromatic rings. The van der Waals surface area contributed by atoms with E-state index in [2.05, 4.69) is 38.2 Å². The molecule has 0 fully saturated rings. The third-order valence-electron chi connectivity index (χ3n) is 5.92. The maximum atomic E-state index is 10.5. The Hall–Kier alpha value is -1.58. The summed E-state index contributed by atoms with van der Waals surface area (Å²) in [5.41, 5.74) is 0. The number of carbonyl (C=O) groups is 2. The monoisotopic (exact) mass is 508 g/mol. The third-order valence-corrected chi connectivity index (χ3v) is 5.92. The van der Waals surface area contributed by atoms with Gasteiger partial charge in [-0.15, -0.1) is 0 Å². The van der Waals surface area contributed by atoms with Crippen LogP contribution >= 0.6 is 0 Å². The van der Waals surface area contributed by atoms with Crippen molar-refractivity contribution in [1.82, 2.24) is 0 Å². The minimum Gasteiger partial charge on any atom is -0.466 e. The highest BCUT2D eigenvalue weighted by Gasteiger charge is 1.94. The van der Waals surface area contributed by atoms with E-state index in [-0.39, 0.29) is 11.9 Å². The molecule has 0 aromatic carbocycles. The van der Waals surface area contributed by atoms with E-state index in [1.54, 1.807) is 0 Å². The molecule has 0 saturated carbocycles. The van der Waals surface area contributed by atoms with Crippen molar-refractivity contribution in [2.24, 2.45) is 0 Å². The van der Waals surface area contributed by atoms with Crippen LogP contribution in [0.1, 0.15) is 156 Å². The summed E-state index contributed by atoms with van der Waals surface area (Å²) in [5, 5.41) is 0. The topological polar surface area (TPSA) is 52.6 Å². The quantitative estimate of drug-likeness (QED) is 0.0739. The summed E-state index contributed by atoms with van der Waals surface area (Å²) in [4.78, 5) is 21.0. The first-order chi connectivity index (χ1) is 17.5. The number of hydrogen-bond donors (Lipinski definition) is 0. The fourth-order valence-corrected chi connectivity index (χ4v) is 3.72. The molecule has 0 heterocycles. The number of allylic oxidation sites excluding steroid dienone is 4. The summed E-state index contributed by atoms with van der Waals surface area (Å²) in [6, 6.07) is 0. The van der Waals surface area contributed by atoms with Crippen molar-refractivity contribution in [3.05, 3.63) is 24.3 Å². The molecule has 0 unspecified atom stereocenters. The Kier molecular flexibility index (Phi) is 34.0. The number of carbonyl (C=O) groups excluding carboxylic acids is 2. The predicted octanol–water partition coefficient (Wildman–Crippen LogP) is 10.1. The van der Waals surface area contributed by atoms with Gasteiger partial charge >= 0.3 is 11.9 Å². The summed E-state index contributed by atoms with van der Waals surface area (Å²) in [7, 11) is 0. The number of ether oxygens (including phenoxy) is 2. The molecule has 0 N–H and O–H groups in total. The molecule has 0 radical (unpaired) electrons. The van der Waals surface area contributed by atoms with Crippen LogP contribution in [-0.4, -0.2) is 25.2 Å². The van der Waals surface area contributed by atoms with Crippen LogP contribution in [-0.2, 0) is 19.1 Å². The summed E-state index contributed by atoms with van der Waals surface area (Å²) in [6.45, 7) is 8.58. The molecule has 0 spiro atoms. The lowest BCUT2D eigenvalue weighted by Gasteiger charge is -2.02. The zero-order valence-electron chi connectivity index (χ0n) is 24.5. The maximum absolute atomic E-state index is 10.5. The van der Waals surface area contributed by atoms with Crippen LogP contribution in [0.4, 0.5) is 0 Å². The van der Waals surface area contributed by atoms with Gasteiger partial charge in [-0.2, -0.15) is 0 Å². The first kappa shape index (κ1) is 36.6. The van der Waals surface area contributed by atoms with Gasteiger partial charge in [0.25, 0.3) is 0 Å². The number of hydrogen-bond acceptors (Lipinski definition) is 4. The van der Waals surface area contributed by atoms with Gasteiger partial charge in [-0.3, -0.25) is 9.59 Å².